The molecule has 2 fully saturated rings. The van der Waals surface area contributed by atoms with E-state index in [1.54, 1.807) is 0 Å². The summed E-state index contributed by atoms with van der Waals surface area (Å²) >= 11 is 0. The van der Waals surface area contributed by atoms with Crippen LogP contribution in [0.3, 0.4) is 0 Å². The van der Waals surface area contributed by atoms with Gasteiger partial charge in [-0.1, -0.05) is 109 Å². The summed E-state index contributed by atoms with van der Waals surface area (Å²) in [5, 5.41) is 4.65. The van der Waals surface area contributed by atoms with Gasteiger partial charge in [-0.15, -0.1) is 0 Å². The Bertz CT molecular complexity index is 2120. The number of rotatable bonds is 21. The van der Waals surface area contributed by atoms with Crippen molar-refractivity contribution in [2.75, 3.05) is 52.5 Å². The molecule has 0 N–H and O–H groups in total. The Morgan fingerprint density at radius 3 is 0.780 bits per heavy atom. The van der Waals surface area contributed by atoms with Gasteiger partial charge in [0.05, 0.1) is 25.4 Å². The fourth-order valence-corrected chi connectivity index (χ4v) is 16.8. The van der Waals surface area contributed by atoms with Crippen molar-refractivity contribution in [1.82, 2.24) is 14.0 Å². The summed E-state index contributed by atoms with van der Waals surface area (Å²) in [4.78, 5) is 0. The van der Waals surface area contributed by atoms with Gasteiger partial charge in [0.1, 0.15) is 0 Å². The molecule has 8 nitrogen and oxygen atoms in total. The number of benzene rings is 6. The lowest BCUT2D eigenvalue weighted by Gasteiger charge is -2.36. The molecule has 2 unspecified atom stereocenters. The highest BCUT2D eigenvalue weighted by molar-refractivity contribution is 7.77. The number of epoxide rings is 2. The van der Waals surface area contributed by atoms with Crippen molar-refractivity contribution in [3.8, 4) is 0 Å². The molecule has 8 rings (SSSR count). The second-order valence-electron chi connectivity index (χ2n) is 15.1. The van der Waals surface area contributed by atoms with E-state index in [2.05, 4.69) is 14.0 Å². The number of nitrogens with zero attached hydrogens (tertiary/aromatic N) is 3. The summed E-state index contributed by atoms with van der Waals surface area (Å²) in [6, 6.07) is 58.6. The van der Waals surface area contributed by atoms with Crippen molar-refractivity contribution in [1.29, 1.82) is 0 Å². The van der Waals surface area contributed by atoms with Crippen LogP contribution in [0.4, 0.5) is 0 Å². The van der Waals surface area contributed by atoms with Gasteiger partial charge in [-0.3, -0.25) is 13.7 Å². The summed E-state index contributed by atoms with van der Waals surface area (Å²) in [6.07, 6.45) is 1.23. The van der Waals surface area contributed by atoms with Crippen LogP contribution < -0.4 is 31.8 Å². The van der Waals surface area contributed by atoms with Crippen molar-refractivity contribution in [2.45, 2.75) is 25.0 Å². The van der Waals surface area contributed by atoms with Gasteiger partial charge in [0.15, 0.2) is 0 Å². The van der Waals surface area contributed by atoms with Crippen LogP contribution in [0.5, 0.6) is 0 Å². The van der Waals surface area contributed by atoms with Crippen molar-refractivity contribution in [3.63, 3.8) is 0 Å². The topological polar surface area (TPSA) is 86.0 Å². The first kappa shape index (κ1) is 41.5. The summed E-state index contributed by atoms with van der Waals surface area (Å²) < 4.78 is 65.2. The van der Waals surface area contributed by atoms with E-state index in [4.69, 9.17) is 9.47 Å². The van der Waals surface area contributed by atoms with E-state index >= 15 is 13.7 Å². The van der Waals surface area contributed by atoms with Gasteiger partial charge < -0.3 is 9.47 Å². The first-order chi connectivity index (χ1) is 28.9. The SMILES string of the molecule is O=P(c1ccccc1)(c1ccccc1)N(CCCN(CC1CO1)P(=O)(c1ccccc1)c1ccccc1)CCCN(CC1CO1)P(=O)(c1ccccc1)c1ccccc1. The van der Waals surface area contributed by atoms with Crippen LogP contribution in [-0.2, 0) is 23.2 Å². The Kier molecular flexibility index (Phi) is 13.4. The van der Waals surface area contributed by atoms with Gasteiger partial charge in [-0.05, 0) is 85.6 Å². The van der Waals surface area contributed by atoms with Gasteiger partial charge in [-0.25, -0.2) is 14.0 Å². The monoisotopic (exact) mass is 843 g/mol. The first-order valence-corrected chi connectivity index (χ1v) is 25.5. The van der Waals surface area contributed by atoms with Gasteiger partial charge in [0.25, 0.3) is 0 Å². The zero-order chi connectivity index (χ0) is 40.5. The highest BCUT2D eigenvalue weighted by atomic mass is 31.2. The van der Waals surface area contributed by atoms with Gasteiger partial charge >= 0.3 is 0 Å². The van der Waals surface area contributed by atoms with Crippen LogP contribution in [0.15, 0.2) is 182 Å². The van der Waals surface area contributed by atoms with E-state index < -0.39 is 21.9 Å². The number of hydrogen-bond acceptors (Lipinski definition) is 5. The first-order valence-electron chi connectivity index (χ1n) is 20.5. The van der Waals surface area contributed by atoms with Gasteiger partial charge in [0, 0.05) is 71.1 Å². The molecule has 0 saturated carbocycles. The quantitative estimate of drug-likeness (QED) is 0.0554. The molecule has 304 valence electrons. The Morgan fingerprint density at radius 1 is 0.356 bits per heavy atom. The van der Waals surface area contributed by atoms with E-state index in [1.807, 2.05) is 182 Å². The lowest BCUT2D eigenvalue weighted by Crippen LogP contribution is -2.39. The maximum Gasteiger partial charge on any atom is 0.207 e. The number of hydrogen-bond donors (Lipinski definition) is 0. The Morgan fingerprint density at radius 2 is 0.559 bits per heavy atom. The molecule has 2 heterocycles. The maximum absolute atomic E-state index is 16.1. The highest BCUT2D eigenvalue weighted by Crippen LogP contribution is 2.51. The minimum atomic E-state index is -3.39. The minimum Gasteiger partial charge on any atom is -0.372 e. The zero-order valence-corrected chi connectivity index (χ0v) is 36.0. The molecule has 0 bridgehead atoms. The Hall–Kier alpha value is -4.19. The summed E-state index contributed by atoms with van der Waals surface area (Å²) in [7, 11) is -9.93. The lowest BCUT2D eigenvalue weighted by atomic mass is 10.3. The van der Waals surface area contributed by atoms with E-state index in [-0.39, 0.29) is 12.2 Å². The highest BCUT2D eigenvalue weighted by Gasteiger charge is 2.41. The second-order valence-corrected chi connectivity index (χ2v) is 23.4. The second kappa shape index (κ2) is 19.0. The van der Waals surface area contributed by atoms with E-state index in [9.17, 15) is 0 Å². The molecule has 2 saturated heterocycles. The molecule has 59 heavy (non-hydrogen) atoms. The van der Waals surface area contributed by atoms with E-state index in [1.165, 1.54) is 0 Å². The predicted octanol–water partition coefficient (Wildman–Crippen LogP) is 7.26. The molecule has 0 radical (unpaired) electrons. The minimum absolute atomic E-state index is 0.0120. The van der Waals surface area contributed by atoms with Gasteiger partial charge in [0.2, 0.25) is 21.9 Å². The van der Waals surface area contributed by atoms with E-state index in [0.29, 0.717) is 65.3 Å². The maximum atomic E-state index is 16.1. The molecular weight excluding hydrogens is 791 g/mol. The fourth-order valence-electron chi connectivity index (χ4n) is 7.98. The molecule has 0 aliphatic carbocycles. The third-order valence-corrected chi connectivity index (χ3v) is 20.6. The third-order valence-electron chi connectivity index (χ3n) is 11.1. The summed E-state index contributed by atoms with van der Waals surface area (Å²) in [5.74, 6) is 0. The van der Waals surface area contributed by atoms with Crippen LogP contribution >= 0.6 is 21.9 Å². The molecule has 2 atom stereocenters. The van der Waals surface area contributed by atoms with Crippen LogP contribution in [0.25, 0.3) is 0 Å². The molecule has 0 aromatic heterocycles. The normalized spacial score (nSPS) is 16.7. The van der Waals surface area contributed by atoms with Crippen LogP contribution in [0, 0.1) is 0 Å². The van der Waals surface area contributed by atoms with Crippen molar-refractivity contribution >= 4 is 53.7 Å². The molecule has 2 aliphatic rings. The summed E-state index contributed by atoms with van der Waals surface area (Å²) in [5.41, 5.74) is 0. The third kappa shape index (κ3) is 9.42. The average molecular weight is 844 g/mol. The number of ether oxygens (including phenoxy) is 2. The van der Waals surface area contributed by atoms with Gasteiger partial charge in [-0.2, -0.15) is 0 Å². The smallest absolute Gasteiger partial charge is 0.207 e. The molecule has 0 spiro atoms. The van der Waals surface area contributed by atoms with Crippen LogP contribution in [0.1, 0.15) is 12.8 Å². The van der Waals surface area contributed by atoms with Crippen LogP contribution in [0.2, 0.25) is 0 Å². The molecule has 6 aromatic rings. The van der Waals surface area contributed by atoms with E-state index in [0.717, 1.165) is 31.8 Å². The van der Waals surface area contributed by atoms with Crippen LogP contribution in [-0.4, -0.2) is 78.7 Å². The molecule has 2 aliphatic heterocycles. The molecule has 11 heteroatoms. The van der Waals surface area contributed by atoms with Crippen molar-refractivity contribution in [2.24, 2.45) is 0 Å². The van der Waals surface area contributed by atoms with Crippen molar-refractivity contribution < 1.29 is 23.2 Å². The molecule has 0 amide bonds. The predicted molar refractivity (Wildman–Crippen MR) is 243 cm³/mol. The molecular formula is C48H52N3O5P3. The van der Waals surface area contributed by atoms with Crippen molar-refractivity contribution in [3.05, 3.63) is 182 Å². The Labute approximate surface area is 349 Å². The largest absolute Gasteiger partial charge is 0.372 e. The zero-order valence-electron chi connectivity index (χ0n) is 33.3. The Balaban J connectivity index is 1.12. The average Bonchev–Trinajstić information content (AvgIpc) is 4.27. The molecule has 6 aromatic carbocycles. The summed E-state index contributed by atoms with van der Waals surface area (Å²) in [6.45, 7) is 4.31. The fraction of sp³-hybridized carbons (Fsp3) is 0.250. The lowest BCUT2D eigenvalue weighted by molar-refractivity contribution is 0.310. The standard InChI is InChI=1S/C48H52N3O5P3/c52-57(43-21-7-1-8-22-43,44-23-9-2-10-24-44)49(33-19-35-50(37-41-39-55-41)58(53,45-25-11-3-12-26-45)46-27-13-4-14-28-46)34-20-36-51(38-42-40-56-42)59(54,47-29-15-5-16-30-47)48-31-17-6-18-32-48/h1-18,21-32,41-42H,19-20,33-40H2.